The number of aliphatic imine (C=N–C) groups is 2. The number of hydrogen-bond donors (Lipinski definition) is 0. The second-order valence-electron chi connectivity index (χ2n) is 2.26. The molecule has 2 rings (SSSR count). The summed E-state index contributed by atoms with van der Waals surface area (Å²) in [5.74, 6) is 0.235. The van der Waals surface area contributed by atoms with Crippen molar-refractivity contribution in [2.24, 2.45) is 15.9 Å². The van der Waals surface area contributed by atoms with Crippen LogP contribution in [0.25, 0.3) is 0 Å². The molecule has 1 atom stereocenters. The third-order valence-electron chi connectivity index (χ3n) is 1.57. The molecule has 0 aliphatic carbocycles. The molecule has 0 unspecified atom stereocenters. The summed E-state index contributed by atoms with van der Waals surface area (Å²) >= 11 is 3.14. The van der Waals surface area contributed by atoms with E-state index < -0.39 is 0 Å². The van der Waals surface area contributed by atoms with E-state index in [1.165, 1.54) is 6.21 Å². The summed E-state index contributed by atoms with van der Waals surface area (Å²) in [6.45, 7) is 0. The van der Waals surface area contributed by atoms with E-state index in [1.807, 2.05) is 0 Å². The number of dihydropyridines is 1. The minimum Gasteiger partial charge on any atom is -0.241 e. The topological polar surface area (TPSA) is 24.7 Å². The first-order valence-corrected chi connectivity index (χ1v) is 3.92. The van der Waals surface area contributed by atoms with Gasteiger partial charge in [-0.1, -0.05) is 22.0 Å². The molecule has 2 heterocycles. The van der Waals surface area contributed by atoms with Gasteiger partial charge in [0, 0.05) is 10.7 Å². The van der Waals surface area contributed by atoms with E-state index in [0.717, 1.165) is 0 Å². The van der Waals surface area contributed by atoms with Crippen LogP contribution in [0, 0.1) is 5.92 Å². The molecule has 0 aromatic rings. The monoisotopic (exact) mass is 214 g/mol. The Morgan fingerprint density at radius 3 is 3.18 bits per heavy atom. The van der Waals surface area contributed by atoms with Crippen LogP contribution < -0.4 is 0 Å². The molecule has 56 valence electrons. The molecule has 2 nitrogen and oxygen atoms in total. The van der Waals surface area contributed by atoms with Crippen molar-refractivity contribution < 1.29 is 4.39 Å². The van der Waals surface area contributed by atoms with Crippen molar-refractivity contribution in [1.82, 2.24) is 0 Å². The minimum atomic E-state index is -0.319. The summed E-state index contributed by atoms with van der Waals surface area (Å²) < 4.78 is 13.3. The van der Waals surface area contributed by atoms with Gasteiger partial charge in [-0.2, -0.15) is 0 Å². The summed E-state index contributed by atoms with van der Waals surface area (Å²) in [5, 5.41) is 0. The third kappa shape index (κ3) is 0.976. The molecule has 0 bridgehead atoms. The highest BCUT2D eigenvalue weighted by Gasteiger charge is 2.24. The Morgan fingerprint density at radius 1 is 1.55 bits per heavy atom. The lowest BCUT2D eigenvalue weighted by Crippen LogP contribution is -2.12. The van der Waals surface area contributed by atoms with Crippen LogP contribution in [0.4, 0.5) is 4.39 Å². The van der Waals surface area contributed by atoms with E-state index in [0.29, 0.717) is 10.3 Å². The summed E-state index contributed by atoms with van der Waals surface area (Å²) in [5.41, 5.74) is 0. The van der Waals surface area contributed by atoms with Crippen molar-refractivity contribution in [3.05, 3.63) is 22.6 Å². The largest absolute Gasteiger partial charge is 0.241 e. The van der Waals surface area contributed by atoms with Gasteiger partial charge in [-0.05, 0) is 0 Å². The van der Waals surface area contributed by atoms with Crippen molar-refractivity contribution in [3.8, 4) is 0 Å². The molecule has 0 aromatic heterocycles. The number of nitrogens with zero attached hydrogens (tertiary/aromatic N) is 2. The van der Waals surface area contributed by atoms with Gasteiger partial charge in [-0.15, -0.1) is 0 Å². The predicted molar refractivity (Wildman–Crippen MR) is 45.6 cm³/mol. The van der Waals surface area contributed by atoms with Crippen LogP contribution in [0.15, 0.2) is 32.6 Å². The molecular formula is C7H4BrFN2. The average Bonchev–Trinajstić information content (AvgIpc) is 2.45. The van der Waals surface area contributed by atoms with E-state index in [2.05, 4.69) is 25.9 Å². The molecule has 0 amide bonds. The van der Waals surface area contributed by atoms with Gasteiger partial charge in [0.15, 0.2) is 5.83 Å². The third-order valence-corrected chi connectivity index (χ3v) is 2.45. The van der Waals surface area contributed by atoms with Gasteiger partial charge in [0.05, 0.1) is 12.1 Å². The molecule has 0 aromatic carbocycles. The fourth-order valence-corrected chi connectivity index (χ4v) is 1.48. The molecule has 2 aliphatic heterocycles. The second kappa shape index (κ2) is 2.37. The highest BCUT2D eigenvalue weighted by molar-refractivity contribution is 9.11. The zero-order valence-electron chi connectivity index (χ0n) is 5.46. The second-order valence-corrected chi connectivity index (χ2v) is 3.11. The minimum absolute atomic E-state index is 0.0972. The molecule has 0 radical (unpaired) electrons. The molecule has 0 saturated carbocycles. The molecule has 11 heavy (non-hydrogen) atoms. The quantitative estimate of drug-likeness (QED) is 0.591. The van der Waals surface area contributed by atoms with Crippen LogP contribution in [0.2, 0.25) is 0 Å². The standard InChI is InChI=1S/C7H4BrFN2/c8-6-4-1-2-10-7(4)11-3-5(6)9/h1-4H/t4-/m0/s1. The Morgan fingerprint density at radius 2 is 2.36 bits per heavy atom. The Hall–Kier alpha value is -0.770. The molecule has 4 heteroatoms. The van der Waals surface area contributed by atoms with Crippen LogP contribution in [0.5, 0.6) is 0 Å². The van der Waals surface area contributed by atoms with Crippen molar-refractivity contribution in [3.63, 3.8) is 0 Å². The SMILES string of the molecule is FC1=C(Br)[C@@H]2C=CN=C2N=C1. The van der Waals surface area contributed by atoms with E-state index in [4.69, 9.17) is 0 Å². The Kier molecular flexibility index (Phi) is 1.49. The first-order chi connectivity index (χ1) is 5.29. The van der Waals surface area contributed by atoms with E-state index in [-0.39, 0.29) is 11.7 Å². The average molecular weight is 215 g/mol. The molecule has 2 aliphatic rings. The lowest BCUT2D eigenvalue weighted by atomic mass is 10.1. The normalized spacial score (nSPS) is 27.5. The molecule has 0 spiro atoms. The molecule has 0 fully saturated rings. The first kappa shape index (κ1) is 6.91. The van der Waals surface area contributed by atoms with Crippen LogP contribution >= 0.6 is 15.9 Å². The number of halogens is 2. The van der Waals surface area contributed by atoms with Crippen LogP contribution in [-0.2, 0) is 0 Å². The van der Waals surface area contributed by atoms with Crippen LogP contribution in [0.3, 0.4) is 0 Å². The van der Waals surface area contributed by atoms with Gasteiger partial charge >= 0.3 is 0 Å². The molecular weight excluding hydrogens is 211 g/mol. The highest BCUT2D eigenvalue weighted by Crippen LogP contribution is 2.30. The Labute approximate surface area is 71.4 Å². The smallest absolute Gasteiger partial charge is 0.152 e. The van der Waals surface area contributed by atoms with Crippen molar-refractivity contribution in [2.75, 3.05) is 0 Å². The van der Waals surface area contributed by atoms with Crippen molar-refractivity contribution in [2.45, 2.75) is 0 Å². The van der Waals surface area contributed by atoms with Crippen LogP contribution in [0.1, 0.15) is 0 Å². The van der Waals surface area contributed by atoms with Gasteiger partial charge in [0.2, 0.25) is 0 Å². The predicted octanol–water partition coefficient (Wildman–Crippen LogP) is 2.19. The fourth-order valence-electron chi connectivity index (χ4n) is 1.02. The zero-order chi connectivity index (χ0) is 7.84. The van der Waals surface area contributed by atoms with Gasteiger partial charge in [0.1, 0.15) is 5.84 Å². The van der Waals surface area contributed by atoms with E-state index >= 15 is 0 Å². The highest BCUT2D eigenvalue weighted by atomic mass is 79.9. The number of hydrogen-bond acceptors (Lipinski definition) is 2. The maximum atomic E-state index is 12.8. The maximum absolute atomic E-state index is 12.8. The number of amidine groups is 1. The summed E-state index contributed by atoms with van der Waals surface area (Å²) in [7, 11) is 0. The summed E-state index contributed by atoms with van der Waals surface area (Å²) in [6, 6.07) is 0. The van der Waals surface area contributed by atoms with Gasteiger partial charge in [-0.25, -0.2) is 14.4 Å². The fraction of sp³-hybridized carbons (Fsp3) is 0.143. The summed E-state index contributed by atoms with van der Waals surface area (Å²) in [6.07, 6.45) is 4.61. The van der Waals surface area contributed by atoms with Crippen molar-refractivity contribution in [1.29, 1.82) is 0 Å². The Bertz CT molecular complexity index is 314. The van der Waals surface area contributed by atoms with Crippen LogP contribution in [-0.4, -0.2) is 12.1 Å². The number of rotatable bonds is 0. The first-order valence-electron chi connectivity index (χ1n) is 3.12. The number of allylic oxidation sites excluding steroid dienone is 1. The zero-order valence-corrected chi connectivity index (χ0v) is 7.05. The lowest BCUT2D eigenvalue weighted by molar-refractivity contribution is 0.673. The molecule has 0 saturated heterocycles. The van der Waals surface area contributed by atoms with Gasteiger partial charge in [0.25, 0.3) is 0 Å². The van der Waals surface area contributed by atoms with E-state index in [1.54, 1.807) is 12.3 Å². The van der Waals surface area contributed by atoms with E-state index in [9.17, 15) is 4.39 Å². The van der Waals surface area contributed by atoms with Gasteiger partial charge < -0.3 is 0 Å². The Balaban J connectivity index is 2.47. The molecule has 0 N–H and O–H groups in total. The maximum Gasteiger partial charge on any atom is 0.152 e. The lowest BCUT2D eigenvalue weighted by Gasteiger charge is -2.11. The summed E-state index contributed by atoms with van der Waals surface area (Å²) in [4.78, 5) is 7.77. The van der Waals surface area contributed by atoms with Crippen molar-refractivity contribution >= 4 is 28.0 Å². The van der Waals surface area contributed by atoms with Gasteiger partial charge in [-0.3, -0.25) is 0 Å². The number of fused-ring (bicyclic) bond motifs is 1.